The molecule has 11 heteroatoms. The van der Waals surface area contributed by atoms with Gasteiger partial charge >= 0.3 is 5.70 Å². The Bertz CT molecular complexity index is 1290. The second kappa shape index (κ2) is 6.81. The molecular formula is C19H9FN4O6. The van der Waals surface area contributed by atoms with Gasteiger partial charge in [-0.3, -0.25) is 30.3 Å². The smallest absolute Gasteiger partial charge is 0.258 e. The molecule has 4 rings (SSSR count). The van der Waals surface area contributed by atoms with E-state index in [-0.39, 0.29) is 33.8 Å². The summed E-state index contributed by atoms with van der Waals surface area (Å²) in [7, 11) is 0. The van der Waals surface area contributed by atoms with E-state index in [1.54, 1.807) is 0 Å². The van der Waals surface area contributed by atoms with Gasteiger partial charge in [-0.1, -0.05) is 12.1 Å². The minimum atomic E-state index is -0.841. The number of para-hydroxylation sites is 1. The van der Waals surface area contributed by atoms with E-state index in [1.165, 1.54) is 42.5 Å². The van der Waals surface area contributed by atoms with Crippen molar-refractivity contribution in [1.82, 2.24) is 0 Å². The topological polar surface area (TPSA) is 142 Å². The van der Waals surface area contributed by atoms with Crippen LogP contribution in [-0.2, 0) is 0 Å². The molecule has 0 bridgehead atoms. The Kier molecular flexibility index (Phi) is 4.27. The molecule has 2 aliphatic carbocycles. The van der Waals surface area contributed by atoms with Crippen molar-refractivity contribution in [2.24, 2.45) is 4.99 Å². The summed E-state index contributed by atoms with van der Waals surface area (Å²) in [4.78, 5) is 36.1. The molecule has 2 aromatic rings. The third kappa shape index (κ3) is 2.94. The largest absolute Gasteiger partial charge is 0.302 e. The maximum Gasteiger partial charge on any atom is 0.302 e. The summed E-state index contributed by atoms with van der Waals surface area (Å²) in [6, 6.07) is 9.06. The Morgan fingerprint density at radius 3 is 2.23 bits per heavy atom. The van der Waals surface area contributed by atoms with Gasteiger partial charge in [0.15, 0.2) is 0 Å². The summed E-state index contributed by atoms with van der Waals surface area (Å²) < 4.78 is 14.1. The molecule has 0 unspecified atom stereocenters. The normalized spacial score (nSPS) is 16.0. The van der Waals surface area contributed by atoms with Gasteiger partial charge in [0, 0.05) is 17.7 Å². The third-order valence-electron chi connectivity index (χ3n) is 4.59. The number of rotatable bonds is 4. The lowest BCUT2D eigenvalue weighted by Gasteiger charge is -2.14. The molecule has 0 amide bonds. The molecule has 148 valence electrons. The van der Waals surface area contributed by atoms with Crippen LogP contribution in [0.25, 0.3) is 11.6 Å². The maximum atomic E-state index is 14.1. The van der Waals surface area contributed by atoms with Crippen molar-refractivity contribution in [3.63, 3.8) is 0 Å². The SMILES string of the molecule is O=[N+]([O-])C1=CC([N+](=O)[O-])=C2C(=Cc3cc([N+](=O)[O-])ccc32)C1=Nc1ccccc1F. The highest BCUT2D eigenvalue weighted by Crippen LogP contribution is 2.44. The molecule has 0 saturated carbocycles. The number of hydrogen-bond acceptors (Lipinski definition) is 7. The molecule has 0 N–H and O–H groups in total. The fraction of sp³-hybridized carbons (Fsp3) is 0. The number of nitro groups is 3. The minimum Gasteiger partial charge on any atom is -0.258 e. The van der Waals surface area contributed by atoms with Gasteiger partial charge in [-0.25, -0.2) is 9.38 Å². The quantitative estimate of drug-likeness (QED) is 0.551. The number of non-ortho nitro benzene ring substituents is 1. The summed E-state index contributed by atoms with van der Waals surface area (Å²) in [5, 5.41) is 34.3. The average molecular weight is 408 g/mol. The summed E-state index contributed by atoms with van der Waals surface area (Å²) in [6.07, 6.45) is 2.11. The molecule has 0 aromatic heterocycles. The highest BCUT2D eigenvalue weighted by molar-refractivity contribution is 6.28. The fourth-order valence-electron chi connectivity index (χ4n) is 3.32. The Morgan fingerprint density at radius 1 is 0.867 bits per heavy atom. The molecule has 0 aliphatic heterocycles. The number of nitrogens with zero attached hydrogens (tertiary/aromatic N) is 4. The molecule has 2 aromatic carbocycles. The first-order valence-corrected chi connectivity index (χ1v) is 8.37. The van der Waals surface area contributed by atoms with E-state index in [0.29, 0.717) is 5.56 Å². The van der Waals surface area contributed by atoms with Gasteiger partial charge in [-0.2, -0.15) is 0 Å². The van der Waals surface area contributed by atoms with Crippen LogP contribution in [0.4, 0.5) is 15.8 Å². The average Bonchev–Trinajstić information content (AvgIpc) is 3.08. The van der Waals surface area contributed by atoms with Gasteiger partial charge in [0.05, 0.1) is 32.1 Å². The van der Waals surface area contributed by atoms with Crippen LogP contribution in [0.1, 0.15) is 11.1 Å². The zero-order chi connectivity index (χ0) is 21.6. The van der Waals surface area contributed by atoms with Crippen molar-refractivity contribution in [2.75, 3.05) is 0 Å². The fourth-order valence-corrected chi connectivity index (χ4v) is 3.32. The van der Waals surface area contributed by atoms with Gasteiger partial charge in [-0.05, 0) is 35.4 Å². The lowest BCUT2D eigenvalue weighted by molar-refractivity contribution is -0.428. The molecule has 0 heterocycles. The number of fused-ring (bicyclic) bond motifs is 3. The molecule has 0 spiro atoms. The molecule has 2 aliphatic rings. The van der Waals surface area contributed by atoms with Crippen LogP contribution in [-0.4, -0.2) is 20.5 Å². The van der Waals surface area contributed by atoms with Crippen LogP contribution < -0.4 is 0 Å². The van der Waals surface area contributed by atoms with E-state index in [4.69, 9.17) is 0 Å². The molecular weight excluding hydrogens is 399 g/mol. The van der Waals surface area contributed by atoms with Gasteiger partial charge in [0.25, 0.3) is 11.4 Å². The van der Waals surface area contributed by atoms with Crippen molar-refractivity contribution < 1.29 is 19.2 Å². The van der Waals surface area contributed by atoms with Crippen molar-refractivity contribution in [3.8, 4) is 0 Å². The highest BCUT2D eigenvalue weighted by atomic mass is 19.1. The molecule has 0 saturated heterocycles. The Labute approximate surface area is 166 Å². The van der Waals surface area contributed by atoms with Gasteiger partial charge in [-0.15, -0.1) is 0 Å². The summed E-state index contributed by atoms with van der Waals surface area (Å²) in [5.74, 6) is -0.731. The van der Waals surface area contributed by atoms with E-state index < -0.39 is 32.0 Å². The highest BCUT2D eigenvalue weighted by Gasteiger charge is 2.41. The monoisotopic (exact) mass is 408 g/mol. The first kappa shape index (κ1) is 18.8. The van der Waals surface area contributed by atoms with Crippen LogP contribution in [0.5, 0.6) is 0 Å². The second-order valence-electron chi connectivity index (χ2n) is 6.30. The molecule has 0 radical (unpaired) electrons. The maximum absolute atomic E-state index is 14.1. The first-order valence-electron chi connectivity index (χ1n) is 8.37. The van der Waals surface area contributed by atoms with Crippen LogP contribution in [0.2, 0.25) is 0 Å². The molecule has 30 heavy (non-hydrogen) atoms. The molecule has 0 fully saturated rings. The predicted octanol–water partition coefficient (Wildman–Crippen LogP) is 4.07. The van der Waals surface area contributed by atoms with Gasteiger partial charge in [0.2, 0.25) is 0 Å². The van der Waals surface area contributed by atoms with Crippen LogP contribution in [0.15, 0.2) is 70.5 Å². The van der Waals surface area contributed by atoms with Crippen molar-refractivity contribution in [3.05, 3.63) is 113 Å². The van der Waals surface area contributed by atoms with Gasteiger partial charge in [0.1, 0.15) is 11.5 Å². The van der Waals surface area contributed by atoms with E-state index in [1.807, 2.05) is 0 Å². The first-order chi connectivity index (χ1) is 14.3. The molecule has 10 nitrogen and oxygen atoms in total. The Hall–Kier alpha value is -4.54. The second-order valence-corrected chi connectivity index (χ2v) is 6.30. The third-order valence-corrected chi connectivity index (χ3v) is 4.59. The number of allylic oxidation sites excluding steroid dienone is 3. The van der Waals surface area contributed by atoms with E-state index in [2.05, 4.69) is 4.99 Å². The van der Waals surface area contributed by atoms with Crippen molar-refractivity contribution >= 4 is 28.7 Å². The van der Waals surface area contributed by atoms with Crippen molar-refractivity contribution in [2.45, 2.75) is 0 Å². The predicted molar refractivity (Wildman–Crippen MR) is 104 cm³/mol. The lowest BCUT2D eigenvalue weighted by atomic mass is 9.91. The van der Waals surface area contributed by atoms with Gasteiger partial charge < -0.3 is 0 Å². The minimum absolute atomic E-state index is 0.0228. The van der Waals surface area contributed by atoms with Crippen LogP contribution in [0.3, 0.4) is 0 Å². The summed E-state index contributed by atoms with van der Waals surface area (Å²) in [6.45, 7) is 0. The zero-order valence-electron chi connectivity index (χ0n) is 14.8. The van der Waals surface area contributed by atoms with Crippen molar-refractivity contribution in [1.29, 1.82) is 0 Å². The lowest BCUT2D eigenvalue weighted by Crippen LogP contribution is -2.20. The zero-order valence-corrected chi connectivity index (χ0v) is 14.8. The van der Waals surface area contributed by atoms with Crippen LogP contribution in [0, 0.1) is 36.2 Å². The molecule has 0 atom stereocenters. The number of benzene rings is 2. The Balaban J connectivity index is 2.02. The van der Waals surface area contributed by atoms with Crippen LogP contribution >= 0.6 is 0 Å². The summed E-state index contributed by atoms with van der Waals surface area (Å²) >= 11 is 0. The standard InChI is InChI=1S/C19H9FN4O6/c20-14-3-1-2-4-15(14)21-19-13-8-10-7-11(22(25)26)5-6-12(10)18(13)16(23(27)28)9-17(19)24(29)30/h1-9H. The number of nitro benzene ring substituents is 1. The summed E-state index contributed by atoms with van der Waals surface area (Å²) in [5.41, 5.74) is -1.32. The van der Waals surface area contributed by atoms with E-state index in [0.717, 1.165) is 12.1 Å². The number of aliphatic imine (C=N–C) groups is 1. The van der Waals surface area contributed by atoms with E-state index >= 15 is 0 Å². The number of hydrogen-bond donors (Lipinski definition) is 0. The Morgan fingerprint density at radius 2 is 1.60 bits per heavy atom. The van der Waals surface area contributed by atoms with E-state index in [9.17, 15) is 34.7 Å². The number of halogens is 1.